The monoisotopic (exact) mass is 423 g/mol. The van der Waals surface area contributed by atoms with E-state index >= 15 is 0 Å². The average Bonchev–Trinajstić information content (AvgIpc) is 2.76. The fraction of sp³-hybridized carbons (Fsp3) is 0.480. The van der Waals surface area contributed by atoms with Crippen molar-refractivity contribution in [1.82, 2.24) is 9.88 Å². The molecule has 0 unspecified atom stereocenters. The minimum atomic E-state index is -0.476. The van der Waals surface area contributed by atoms with Gasteiger partial charge in [0, 0.05) is 37.3 Å². The zero-order chi connectivity index (χ0) is 22.4. The van der Waals surface area contributed by atoms with E-state index in [0.29, 0.717) is 0 Å². The summed E-state index contributed by atoms with van der Waals surface area (Å²) in [6.45, 7) is 5.67. The maximum atomic E-state index is 12.3. The van der Waals surface area contributed by atoms with Crippen molar-refractivity contribution >= 4 is 12.3 Å². The van der Waals surface area contributed by atoms with Crippen LogP contribution in [-0.2, 0) is 4.74 Å². The normalized spacial score (nSPS) is 19.3. The fourth-order valence-electron chi connectivity index (χ4n) is 3.82. The number of rotatable bonds is 5. The molecule has 0 aliphatic heterocycles. The van der Waals surface area contributed by atoms with Crippen molar-refractivity contribution in [3.8, 4) is 16.9 Å². The number of benzene rings is 1. The van der Waals surface area contributed by atoms with Gasteiger partial charge in [0.15, 0.2) is 0 Å². The first-order valence-corrected chi connectivity index (χ1v) is 10.8. The molecule has 1 heterocycles. The molecule has 1 aliphatic carbocycles. The molecule has 6 heteroatoms. The van der Waals surface area contributed by atoms with Crippen LogP contribution in [0.5, 0.6) is 5.75 Å². The third kappa shape index (κ3) is 6.29. The van der Waals surface area contributed by atoms with E-state index in [0.717, 1.165) is 48.1 Å². The zero-order valence-corrected chi connectivity index (χ0v) is 19.2. The molecule has 1 aromatic heterocycles. The van der Waals surface area contributed by atoms with Crippen LogP contribution in [0.15, 0.2) is 47.7 Å². The van der Waals surface area contributed by atoms with Crippen molar-refractivity contribution in [2.75, 3.05) is 14.2 Å². The first-order valence-electron chi connectivity index (χ1n) is 10.8. The quantitative estimate of drug-likeness (QED) is 0.608. The predicted octanol–water partition coefficient (Wildman–Crippen LogP) is 5.35. The van der Waals surface area contributed by atoms with Crippen LogP contribution in [0, 0.1) is 0 Å². The maximum Gasteiger partial charge on any atom is 0.410 e. The number of aliphatic imine (C=N–C) groups is 1. The summed E-state index contributed by atoms with van der Waals surface area (Å²) in [5.74, 6) is 0.805. The second-order valence-corrected chi connectivity index (χ2v) is 9.02. The fourth-order valence-corrected chi connectivity index (χ4v) is 3.82. The van der Waals surface area contributed by atoms with Crippen molar-refractivity contribution in [1.29, 1.82) is 0 Å². The Labute approximate surface area is 185 Å². The van der Waals surface area contributed by atoms with E-state index in [2.05, 4.69) is 11.1 Å². The van der Waals surface area contributed by atoms with Gasteiger partial charge >= 0.3 is 6.09 Å². The van der Waals surface area contributed by atoms with E-state index < -0.39 is 5.60 Å². The van der Waals surface area contributed by atoms with Gasteiger partial charge in [-0.05, 0) is 81.8 Å². The molecule has 3 rings (SSSR count). The zero-order valence-electron chi connectivity index (χ0n) is 19.2. The Hall–Kier alpha value is -2.89. The highest BCUT2D eigenvalue weighted by Crippen LogP contribution is 2.28. The van der Waals surface area contributed by atoms with Crippen LogP contribution in [-0.4, -0.2) is 54.0 Å². The Kier molecular flexibility index (Phi) is 7.31. The third-order valence-electron chi connectivity index (χ3n) is 5.56. The third-order valence-corrected chi connectivity index (χ3v) is 5.56. The van der Waals surface area contributed by atoms with E-state index in [1.54, 1.807) is 24.4 Å². The Balaban J connectivity index is 1.63. The SMILES string of the molecule is COc1ccc(-c2ccncc2)cc1/C=N/[C@H]1CC[C@H](N(C)C(=O)OC(C)(C)C)CC1. The van der Waals surface area contributed by atoms with E-state index in [-0.39, 0.29) is 18.2 Å². The van der Waals surface area contributed by atoms with Crippen LogP contribution in [0.3, 0.4) is 0 Å². The molecule has 1 saturated carbocycles. The number of carbonyl (C=O) groups excluding carboxylic acids is 1. The number of ether oxygens (including phenoxy) is 2. The molecule has 2 aromatic rings. The van der Waals surface area contributed by atoms with Gasteiger partial charge in [-0.3, -0.25) is 9.98 Å². The van der Waals surface area contributed by atoms with Crippen LogP contribution in [0.2, 0.25) is 0 Å². The number of hydrogen-bond acceptors (Lipinski definition) is 5. The number of amides is 1. The Bertz CT molecular complexity index is 898. The minimum Gasteiger partial charge on any atom is -0.496 e. The summed E-state index contributed by atoms with van der Waals surface area (Å²) in [6, 6.07) is 10.5. The highest BCUT2D eigenvalue weighted by molar-refractivity contribution is 5.86. The van der Waals surface area contributed by atoms with Crippen LogP contribution in [0.1, 0.15) is 52.0 Å². The van der Waals surface area contributed by atoms with Gasteiger partial charge < -0.3 is 14.4 Å². The van der Waals surface area contributed by atoms with Crippen molar-refractivity contribution in [3.63, 3.8) is 0 Å². The minimum absolute atomic E-state index is 0.200. The summed E-state index contributed by atoms with van der Waals surface area (Å²) < 4.78 is 11.0. The Morgan fingerprint density at radius 3 is 2.39 bits per heavy atom. The van der Waals surface area contributed by atoms with Crippen LogP contribution in [0.25, 0.3) is 11.1 Å². The van der Waals surface area contributed by atoms with E-state index in [1.807, 2.05) is 58.3 Å². The summed E-state index contributed by atoms with van der Waals surface area (Å²) in [5.41, 5.74) is 2.70. The molecule has 1 aliphatic rings. The Morgan fingerprint density at radius 2 is 1.77 bits per heavy atom. The average molecular weight is 424 g/mol. The van der Waals surface area contributed by atoms with E-state index in [1.165, 1.54) is 0 Å². The number of hydrogen-bond donors (Lipinski definition) is 0. The van der Waals surface area contributed by atoms with Gasteiger partial charge in [-0.15, -0.1) is 0 Å². The smallest absolute Gasteiger partial charge is 0.410 e. The lowest BCUT2D eigenvalue weighted by molar-refractivity contribution is 0.0184. The highest BCUT2D eigenvalue weighted by atomic mass is 16.6. The van der Waals surface area contributed by atoms with Crippen molar-refractivity contribution in [3.05, 3.63) is 48.3 Å². The molecular formula is C25H33N3O3. The molecule has 31 heavy (non-hydrogen) atoms. The van der Waals surface area contributed by atoms with Gasteiger partial charge in [0.25, 0.3) is 0 Å². The van der Waals surface area contributed by atoms with Crippen molar-refractivity contribution in [2.45, 2.75) is 64.1 Å². The summed E-state index contributed by atoms with van der Waals surface area (Å²) in [6.07, 6.45) is 8.99. The lowest BCUT2D eigenvalue weighted by Crippen LogP contribution is -2.42. The lowest BCUT2D eigenvalue weighted by Gasteiger charge is -2.34. The largest absolute Gasteiger partial charge is 0.496 e. The molecule has 6 nitrogen and oxygen atoms in total. The molecular weight excluding hydrogens is 390 g/mol. The van der Waals surface area contributed by atoms with Gasteiger partial charge in [-0.1, -0.05) is 6.07 Å². The summed E-state index contributed by atoms with van der Waals surface area (Å²) in [7, 11) is 3.51. The van der Waals surface area contributed by atoms with E-state index in [9.17, 15) is 4.79 Å². The standard InChI is InChI=1S/C25H33N3O3/c1-25(2,3)31-24(29)28(4)22-9-7-21(8-10-22)27-17-20-16-19(6-11-23(20)30-5)18-12-14-26-15-13-18/h6,11-17,21-22H,7-10H2,1-5H3/b27-17+/t21-,22-. The summed E-state index contributed by atoms with van der Waals surface area (Å²) in [4.78, 5) is 23.0. The molecule has 0 saturated heterocycles. The maximum absolute atomic E-state index is 12.3. The Morgan fingerprint density at radius 1 is 1.10 bits per heavy atom. The summed E-state index contributed by atoms with van der Waals surface area (Å²) in [5, 5.41) is 0. The lowest BCUT2D eigenvalue weighted by atomic mass is 9.91. The second kappa shape index (κ2) is 9.94. The topological polar surface area (TPSA) is 64.0 Å². The highest BCUT2D eigenvalue weighted by Gasteiger charge is 2.29. The predicted molar refractivity (Wildman–Crippen MR) is 124 cm³/mol. The molecule has 1 amide bonds. The molecule has 0 radical (unpaired) electrons. The molecule has 1 aromatic carbocycles. The molecule has 166 valence electrons. The van der Waals surface area contributed by atoms with Gasteiger partial charge in [0.1, 0.15) is 11.4 Å². The summed E-state index contributed by atoms with van der Waals surface area (Å²) >= 11 is 0. The molecule has 1 fully saturated rings. The number of nitrogens with zero attached hydrogens (tertiary/aromatic N) is 3. The van der Waals surface area contributed by atoms with Crippen LogP contribution in [0.4, 0.5) is 4.79 Å². The molecule has 0 spiro atoms. The van der Waals surface area contributed by atoms with Crippen LogP contribution < -0.4 is 4.74 Å². The van der Waals surface area contributed by atoms with Crippen molar-refractivity contribution < 1.29 is 14.3 Å². The number of carbonyl (C=O) groups is 1. The second-order valence-electron chi connectivity index (χ2n) is 9.02. The van der Waals surface area contributed by atoms with Gasteiger partial charge in [0.05, 0.1) is 13.2 Å². The van der Waals surface area contributed by atoms with E-state index in [4.69, 9.17) is 14.5 Å². The first kappa shape index (κ1) is 22.8. The number of pyridine rings is 1. The number of methoxy groups -OCH3 is 1. The van der Waals surface area contributed by atoms with Crippen molar-refractivity contribution in [2.24, 2.45) is 4.99 Å². The molecule has 0 atom stereocenters. The molecule has 0 N–H and O–H groups in total. The molecule has 0 bridgehead atoms. The van der Waals surface area contributed by atoms with Crippen LogP contribution >= 0.6 is 0 Å². The van der Waals surface area contributed by atoms with Gasteiger partial charge in [-0.25, -0.2) is 4.79 Å². The van der Waals surface area contributed by atoms with Gasteiger partial charge in [0.2, 0.25) is 0 Å². The first-order chi connectivity index (χ1) is 14.8. The van der Waals surface area contributed by atoms with Gasteiger partial charge in [-0.2, -0.15) is 0 Å². The number of aromatic nitrogens is 1.